The van der Waals surface area contributed by atoms with Gasteiger partial charge in [0.1, 0.15) is 5.84 Å². The first-order valence-electron chi connectivity index (χ1n) is 11.8. The fourth-order valence-corrected chi connectivity index (χ4v) is 3.70. The van der Waals surface area contributed by atoms with E-state index in [0.717, 1.165) is 50.0 Å². The summed E-state index contributed by atoms with van der Waals surface area (Å²) in [5.74, 6) is 1.98. The molecule has 7 nitrogen and oxygen atoms in total. The number of rotatable bonds is 9. The van der Waals surface area contributed by atoms with Crippen molar-refractivity contribution < 1.29 is 9.53 Å². The van der Waals surface area contributed by atoms with Crippen molar-refractivity contribution in [2.45, 2.75) is 70.9 Å². The lowest BCUT2D eigenvalue weighted by Gasteiger charge is -2.27. The van der Waals surface area contributed by atoms with Gasteiger partial charge >= 0.3 is 0 Å². The van der Waals surface area contributed by atoms with Gasteiger partial charge in [-0.15, -0.1) is 0 Å². The fourth-order valence-electron chi connectivity index (χ4n) is 3.70. The standard InChI is InChI=1S/C26H39N5O2/c1-7-12-19(3)33-20(4)25(32)27-22-15-17-23(18-16-22)29-26(30-24(8-2)31(5)6)28-21-13-10-9-11-14-21/h9-11,13-14,22-23H,3-4,7-8,12,15-18H2,1-2,5-6H3,(H,27,32)(H,28,29)/b30-24+. The minimum Gasteiger partial charge on any atom is -0.457 e. The van der Waals surface area contributed by atoms with Crippen molar-refractivity contribution in [1.82, 2.24) is 10.2 Å². The number of anilines is 1. The molecule has 180 valence electrons. The number of carbonyl (C=O) groups is 1. The first-order chi connectivity index (χ1) is 15.8. The van der Waals surface area contributed by atoms with Crippen LogP contribution in [0.4, 0.5) is 5.69 Å². The zero-order chi connectivity index (χ0) is 24.2. The number of aliphatic imine (C=N–C) groups is 2. The van der Waals surface area contributed by atoms with Gasteiger partial charge in [-0.05, 0) is 44.2 Å². The van der Waals surface area contributed by atoms with Gasteiger partial charge in [-0.3, -0.25) is 4.79 Å². The molecule has 1 saturated carbocycles. The van der Waals surface area contributed by atoms with Crippen molar-refractivity contribution in [3.8, 4) is 0 Å². The van der Waals surface area contributed by atoms with Crippen LogP contribution >= 0.6 is 0 Å². The topological polar surface area (TPSA) is 78.3 Å². The lowest BCUT2D eigenvalue weighted by atomic mass is 9.91. The molecule has 1 fully saturated rings. The Morgan fingerprint density at radius 3 is 2.36 bits per heavy atom. The molecule has 0 aromatic heterocycles. The second kappa shape index (κ2) is 13.5. The SMILES string of the molecule is C=C(CCC)OC(=C)C(=O)NC1CCC(N=C(/N=C(\CC)N(C)C)Nc2ccccc2)CC1. The molecule has 0 saturated heterocycles. The summed E-state index contributed by atoms with van der Waals surface area (Å²) in [6, 6.07) is 10.2. The van der Waals surface area contributed by atoms with Crippen LogP contribution in [0.25, 0.3) is 0 Å². The van der Waals surface area contributed by atoms with E-state index in [1.807, 2.05) is 56.3 Å². The molecule has 2 rings (SSSR count). The highest BCUT2D eigenvalue weighted by atomic mass is 16.5. The normalized spacial score (nSPS) is 18.9. The first kappa shape index (κ1) is 26.2. The molecule has 0 spiro atoms. The zero-order valence-electron chi connectivity index (χ0n) is 20.6. The van der Waals surface area contributed by atoms with Crippen LogP contribution < -0.4 is 10.6 Å². The highest BCUT2D eigenvalue weighted by Crippen LogP contribution is 2.22. The van der Waals surface area contributed by atoms with E-state index >= 15 is 0 Å². The van der Waals surface area contributed by atoms with Gasteiger partial charge < -0.3 is 20.3 Å². The maximum atomic E-state index is 12.4. The third-order valence-corrected chi connectivity index (χ3v) is 5.48. The molecule has 0 aliphatic heterocycles. The molecule has 0 radical (unpaired) electrons. The number of carbonyl (C=O) groups excluding carboxylic acids is 1. The van der Waals surface area contributed by atoms with Crippen molar-refractivity contribution in [2.75, 3.05) is 19.4 Å². The van der Waals surface area contributed by atoms with Crippen molar-refractivity contribution in [3.05, 3.63) is 55.0 Å². The largest absolute Gasteiger partial charge is 0.457 e. The van der Waals surface area contributed by atoms with E-state index in [1.54, 1.807) is 0 Å². The molecule has 1 aliphatic carbocycles. The molecule has 0 bridgehead atoms. The van der Waals surface area contributed by atoms with Crippen molar-refractivity contribution in [2.24, 2.45) is 9.98 Å². The van der Waals surface area contributed by atoms with E-state index in [9.17, 15) is 4.79 Å². The molecule has 1 aliphatic rings. The molecule has 1 aromatic carbocycles. The molecule has 0 atom stereocenters. The van der Waals surface area contributed by atoms with Gasteiger partial charge in [0.05, 0.1) is 11.8 Å². The first-order valence-corrected chi connectivity index (χ1v) is 11.8. The number of guanidine groups is 1. The van der Waals surface area contributed by atoms with Crippen LogP contribution in [0.3, 0.4) is 0 Å². The van der Waals surface area contributed by atoms with Gasteiger partial charge in [0.25, 0.3) is 5.91 Å². The van der Waals surface area contributed by atoms with E-state index in [0.29, 0.717) is 18.1 Å². The monoisotopic (exact) mass is 453 g/mol. The third-order valence-electron chi connectivity index (χ3n) is 5.48. The predicted octanol–water partition coefficient (Wildman–Crippen LogP) is 5.10. The van der Waals surface area contributed by atoms with Crippen LogP contribution in [-0.4, -0.2) is 48.8 Å². The number of hydrogen-bond acceptors (Lipinski definition) is 3. The molecule has 1 aromatic rings. The Hall–Kier alpha value is -3.09. The summed E-state index contributed by atoms with van der Waals surface area (Å²) >= 11 is 0. The lowest BCUT2D eigenvalue weighted by molar-refractivity contribution is -0.121. The number of amidine groups is 1. The average Bonchev–Trinajstić information content (AvgIpc) is 2.79. The van der Waals surface area contributed by atoms with E-state index in [-0.39, 0.29) is 23.8 Å². The Morgan fingerprint density at radius 1 is 1.12 bits per heavy atom. The molecule has 2 N–H and O–H groups in total. The summed E-state index contributed by atoms with van der Waals surface area (Å²) < 4.78 is 5.44. The van der Waals surface area contributed by atoms with Crippen LogP contribution in [0.15, 0.2) is 65.0 Å². The van der Waals surface area contributed by atoms with E-state index in [2.05, 4.69) is 30.7 Å². The number of nitrogens with zero attached hydrogens (tertiary/aromatic N) is 3. The van der Waals surface area contributed by atoms with Crippen LogP contribution in [0.2, 0.25) is 0 Å². The second-order valence-electron chi connectivity index (χ2n) is 8.51. The summed E-state index contributed by atoms with van der Waals surface area (Å²) in [4.78, 5) is 24.1. The Bertz CT molecular complexity index is 853. The van der Waals surface area contributed by atoms with Crippen LogP contribution in [0, 0.1) is 0 Å². The number of ether oxygens (including phenoxy) is 1. The van der Waals surface area contributed by atoms with Gasteiger partial charge in [-0.2, -0.15) is 0 Å². The lowest BCUT2D eigenvalue weighted by Crippen LogP contribution is -2.39. The smallest absolute Gasteiger partial charge is 0.286 e. The number of benzene rings is 1. The Labute approximate surface area is 198 Å². The number of amides is 1. The van der Waals surface area contributed by atoms with Crippen molar-refractivity contribution in [3.63, 3.8) is 0 Å². The fraction of sp³-hybridized carbons (Fsp3) is 0.500. The second-order valence-corrected chi connectivity index (χ2v) is 8.51. The highest BCUT2D eigenvalue weighted by molar-refractivity contribution is 6.02. The number of nitrogens with one attached hydrogen (secondary N) is 2. The summed E-state index contributed by atoms with van der Waals surface area (Å²) in [6.45, 7) is 11.7. The predicted molar refractivity (Wildman–Crippen MR) is 137 cm³/mol. The Balaban J connectivity index is 1.99. The molecular weight excluding hydrogens is 414 g/mol. The summed E-state index contributed by atoms with van der Waals surface area (Å²) in [5.41, 5.74) is 0.957. The minimum atomic E-state index is -0.270. The third kappa shape index (κ3) is 9.12. The molecule has 7 heteroatoms. The summed E-state index contributed by atoms with van der Waals surface area (Å²) in [5, 5.41) is 6.40. The highest BCUT2D eigenvalue weighted by Gasteiger charge is 2.24. The van der Waals surface area contributed by atoms with E-state index < -0.39 is 0 Å². The van der Waals surface area contributed by atoms with Crippen LogP contribution in [0.5, 0.6) is 0 Å². The van der Waals surface area contributed by atoms with Gasteiger partial charge in [-0.25, -0.2) is 9.98 Å². The summed E-state index contributed by atoms with van der Waals surface area (Å²) in [6.07, 6.45) is 5.89. The van der Waals surface area contributed by atoms with Gasteiger partial charge in [0.15, 0.2) is 5.76 Å². The number of para-hydroxylation sites is 1. The van der Waals surface area contributed by atoms with E-state index in [4.69, 9.17) is 14.7 Å². The quantitative estimate of drug-likeness (QED) is 0.236. The maximum absolute atomic E-state index is 12.4. The Morgan fingerprint density at radius 2 is 1.79 bits per heavy atom. The number of hydrogen-bond donors (Lipinski definition) is 2. The van der Waals surface area contributed by atoms with Crippen molar-refractivity contribution in [1.29, 1.82) is 0 Å². The van der Waals surface area contributed by atoms with Crippen LogP contribution in [0.1, 0.15) is 58.8 Å². The van der Waals surface area contributed by atoms with Crippen LogP contribution in [-0.2, 0) is 9.53 Å². The summed E-state index contributed by atoms with van der Waals surface area (Å²) in [7, 11) is 3.98. The molecule has 1 amide bonds. The van der Waals surface area contributed by atoms with E-state index in [1.165, 1.54) is 0 Å². The molecular formula is C26H39N5O2. The van der Waals surface area contributed by atoms with Gasteiger partial charge in [0, 0.05) is 38.7 Å². The maximum Gasteiger partial charge on any atom is 0.286 e. The van der Waals surface area contributed by atoms with Gasteiger partial charge in [-0.1, -0.05) is 45.2 Å². The zero-order valence-corrected chi connectivity index (χ0v) is 20.6. The molecule has 33 heavy (non-hydrogen) atoms. The minimum absolute atomic E-state index is 0.0887. The molecule has 0 unspecified atom stereocenters. The molecule has 0 heterocycles. The van der Waals surface area contributed by atoms with Crippen molar-refractivity contribution >= 4 is 23.4 Å². The number of allylic oxidation sites excluding steroid dienone is 1. The van der Waals surface area contributed by atoms with Gasteiger partial charge in [0.2, 0.25) is 5.96 Å². The Kier molecular flexibility index (Phi) is 10.7. The average molecular weight is 454 g/mol.